The maximum Gasteiger partial charge on any atom is -1.00 e. The van der Waals surface area contributed by atoms with Crippen molar-refractivity contribution in [1.82, 2.24) is 0 Å². The van der Waals surface area contributed by atoms with Crippen LogP contribution in [0.5, 0.6) is 0 Å². The molecule has 0 N–H and O–H groups in total. The Labute approximate surface area is 146 Å². The minimum absolute atomic E-state index is 0. The van der Waals surface area contributed by atoms with Crippen LogP contribution in [0.15, 0.2) is 49.8 Å². The maximum absolute atomic E-state index is 3.67. The van der Waals surface area contributed by atoms with Gasteiger partial charge in [0.1, 0.15) is 0 Å². The molecule has 0 saturated carbocycles. The Morgan fingerprint density at radius 3 is 2.74 bits per heavy atom. The Kier molecular flexibility index (Phi) is 6.78. The quantitative estimate of drug-likeness (QED) is 0.431. The van der Waals surface area contributed by atoms with Gasteiger partial charge in [-0.25, -0.2) is 0 Å². The van der Waals surface area contributed by atoms with Crippen LogP contribution in [0.3, 0.4) is 0 Å². The first-order valence-corrected chi connectivity index (χ1v) is 10.5. The molecule has 2 aliphatic rings. The summed E-state index contributed by atoms with van der Waals surface area (Å²) in [4.78, 5) is 0. The van der Waals surface area contributed by atoms with E-state index in [1.54, 1.807) is 14.5 Å². The number of halogens is 3. The zero-order valence-corrected chi connectivity index (χ0v) is 17.2. The molecule has 0 nitrogen and oxygen atoms in total. The van der Waals surface area contributed by atoms with E-state index in [4.69, 9.17) is 0 Å². The smallest absolute Gasteiger partial charge is 1.00 e. The van der Waals surface area contributed by atoms with Crippen LogP contribution in [-0.2, 0) is 22.9 Å². The van der Waals surface area contributed by atoms with Gasteiger partial charge in [-0.15, -0.1) is 0 Å². The molecular formula is C15H13BrCl2Hf. The molecular weight excluding hydrogens is 509 g/mol. The second-order valence-electron chi connectivity index (χ2n) is 4.53. The fourth-order valence-corrected chi connectivity index (χ4v) is 8.39. The first kappa shape index (κ1) is 17.4. The van der Waals surface area contributed by atoms with Gasteiger partial charge >= 0.3 is 123 Å². The van der Waals surface area contributed by atoms with Crippen molar-refractivity contribution in [3.63, 3.8) is 0 Å². The summed E-state index contributed by atoms with van der Waals surface area (Å²) in [5, 5.41) is 0. The van der Waals surface area contributed by atoms with Gasteiger partial charge in [0.05, 0.1) is 0 Å². The molecule has 98 valence electrons. The van der Waals surface area contributed by atoms with Crippen molar-refractivity contribution in [3.05, 3.63) is 60.9 Å². The van der Waals surface area contributed by atoms with E-state index in [1.165, 1.54) is 16.5 Å². The fraction of sp³-hybridized carbons (Fsp3) is 0.200. The first-order valence-electron chi connectivity index (χ1n) is 5.84. The van der Waals surface area contributed by atoms with Crippen LogP contribution in [0.1, 0.15) is 28.1 Å². The van der Waals surface area contributed by atoms with Crippen molar-refractivity contribution in [2.45, 2.75) is 17.0 Å². The summed E-state index contributed by atoms with van der Waals surface area (Å²) in [5.74, 6) is 0. The van der Waals surface area contributed by atoms with Crippen molar-refractivity contribution in [1.29, 1.82) is 0 Å². The second-order valence-corrected chi connectivity index (χ2v) is 10.8. The average Bonchev–Trinajstić information content (AvgIpc) is 2.91. The number of hydrogen-bond donors (Lipinski definition) is 0. The van der Waals surface area contributed by atoms with Gasteiger partial charge in [0, 0.05) is 0 Å². The minimum Gasteiger partial charge on any atom is -1.00 e. The van der Waals surface area contributed by atoms with E-state index >= 15 is 0 Å². The molecule has 0 saturated heterocycles. The van der Waals surface area contributed by atoms with Crippen LogP contribution < -0.4 is 24.8 Å². The summed E-state index contributed by atoms with van der Waals surface area (Å²) in [6.45, 7) is 2.30. The third kappa shape index (κ3) is 3.53. The summed E-state index contributed by atoms with van der Waals surface area (Å²) in [5.41, 5.74) is 4.56. The Morgan fingerprint density at radius 2 is 2.05 bits per heavy atom. The zero-order valence-electron chi connectivity index (χ0n) is 10.5. The number of hydrogen-bond acceptors (Lipinski definition) is 0. The molecule has 0 bridgehead atoms. The third-order valence-corrected chi connectivity index (χ3v) is 10.5. The molecule has 4 heteroatoms. The summed E-state index contributed by atoms with van der Waals surface area (Å²) in [6.07, 6.45) is 10.5. The molecule has 0 aliphatic heterocycles. The van der Waals surface area contributed by atoms with E-state index < -0.39 is 22.9 Å². The van der Waals surface area contributed by atoms with Gasteiger partial charge in [0.2, 0.25) is 0 Å². The molecule has 2 aliphatic carbocycles. The maximum atomic E-state index is 3.67. The molecule has 0 aromatic heterocycles. The standard InChI is InChI=1S/C10H8Br.C5H5.2ClH.Hf/c1-7-5-8-3-2-4-10(11)9(8)6-7;1-2-4-5-3-1;;;/h2-6H,1H3;1-3H,4H2;2*1H;/q;;;;+2/p-2. The number of rotatable bonds is 2. The molecule has 0 radical (unpaired) electrons. The van der Waals surface area contributed by atoms with Gasteiger partial charge in [-0.3, -0.25) is 0 Å². The van der Waals surface area contributed by atoms with Crippen molar-refractivity contribution >= 4 is 22.0 Å². The van der Waals surface area contributed by atoms with Crippen molar-refractivity contribution in [2.75, 3.05) is 0 Å². The van der Waals surface area contributed by atoms with E-state index in [0.717, 1.165) is 3.67 Å². The molecule has 0 amide bonds. The Hall–Kier alpha value is 0.370. The first-order chi connectivity index (χ1) is 8.25. The third-order valence-electron chi connectivity index (χ3n) is 3.33. The predicted octanol–water partition coefficient (Wildman–Crippen LogP) is -1.16. The topological polar surface area (TPSA) is 0 Å². The molecule has 1 aromatic rings. The second kappa shape index (κ2) is 7.40. The summed E-state index contributed by atoms with van der Waals surface area (Å²) in [6, 6.07) is 6.63. The Bertz CT molecular complexity index is 561. The molecule has 0 heterocycles. The molecule has 0 fully saturated rings. The summed E-state index contributed by atoms with van der Waals surface area (Å²) in [7, 11) is 0. The number of benzene rings is 1. The van der Waals surface area contributed by atoms with Crippen LogP contribution in [0.4, 0.5) is 0 Å². The van der Waals surface area contributed by atoms with E-state index in [1.807, 2.05) is 0 Å². The largest absolute Gasteiger partial charge is 1.00 e. The van der Waals surface area contributed by atoms with Gasteiger partial charge in [-0.05, 0) is 0 Å². The van der Waals surface area contributed by atoms with Crippen LogP contribution in [0, 0.1) is 0 Å². The number of fused-ring (bicyclic) bond motifs is 1. The predicted molar refractivity (Wildman–Crippen MR) is 72.4 cm³/mol. The SMILES string of the molecule is CC1=Cc2c(Br)cccc2[CH]1[Hf+2][C]1=CC=CC1.[Cl-].[Cl-]. The van der Waals surface area contributed by atoms with Crippen LogP contribution in [0.25, 0.3) is 6.08 Å². The molecule has 3 rings (SSSR count). The fourth-order valence-electron chi connectivity index (χ4n) is 2.45. The van der Waals surface area contributed by atoms with Crippen LogP contribution in [-0.4, -0.2) is 0 Å². The van der Waals surface area contributed by atoms with E-state index in [9.17, 15) is 0 Å². The van der Waals surface area contributed by atoms with Crippen molar-refractivity contribution in [2.24, 2.45) is 0 Å². The van der Waals surface area contributed by atoms with Gasteiger partial charge in [-0.2, -0.15) is 0 Å². The van der Waals surface area contributed by atoms with Crippen LogP contribution in [0.2, 0.25) is 0 Å². The molecule has 1 unspecified atom stereocenters. The number of allylic oxidation sites excluding steroid dienone is 5. The van der Waals surface area contributed by atoms with E-state index in [-0.39, 0.29) is 24.8 Å². The average molecular weight is 523 g/mol. The Balaban J connectivity index is 0.000000902. The van der Waals surface area contributed by atoms with Gasteiger partial charge < -0.3 is 24.8 Å². The molecule has 1 atom stereocenters. The van der Waals surface area contributed by atoms with Gasteiger partial charge in [0.15, 0.2) is 0 Å². The van der Waals surface area contributed by atoms with Gasteiger partial charge in [-0.1, -0.05) is 0 Å². The Morgan fingerprint density at radius 1 is 1.26 bits per heavy atom. The minimum atomic E-state index is -0.744. The molecule has 1 aromatic carbocycles. The normalized spacial score (nSPS) is 18.7. The van der Waals surface area contributed by atoms with Crippen molar-refractivity contribution < 1.29 is 47.7 Å². The molecule has 0 spiro atoms. The van der Waals surface area contributed by atoms with Crippen LogP contribution >= 0.6 is 15.9 Å². The van der Waals surface area contributed by atoms with E-state index in [0.29, 0.717) is 0 Å². The zero-order chi connectivity index (χ0) is 11.8. The monoisotopic (exact) mass is 522 g/mol. The summed E-state index contributed by atoms with van der Waals surface area (Å²) >= 11 is 2.92. The summed E-state index contributed by atoms with van der Waals surface area (Å²) < 4.78 is 3.77. The van der Waals surface area contributed by atoms with E-state index in [2.05, 4.69) is 65.4 Å². The molecule has 19 heavy (non-hydrogen) atoms. The van der Waals surface area contributed by atoms with Crippen molar-refractivity contribution in [3.8, 4) is 0 Å². The van der Waals surface area contributed by atoms with Gasteiger partial charge in [0.25, 0.3) is 0 Å².